The summed E-state index contributed by atoms with van der Waals surface area (Å²) < 4.78 is 3.29. The van der Waals surface area contributed by atoms with Crippen molar-refractivity contribution in [2.45, 2.75) is 26.8 Å². The Bertz CT molecular complexity index is 1140. The minimum absolute atomic E-state index is 0.136. The number of benzene rings is 2. The fourth-order valence-corrected chi connectivity index (χ4v) is 3.31. The molecule has 0 fully saturated rings. The molecule has 5 nitrogen and oxygen atoms in total. The number of hydrogen-bond donors (Lipinski definition) is 0. The topological polar surface area (TPSA) is 52.7 Å². The molecule has 0 aliphatic rings. The van der Waals surface area contributed by atoms with Crippen LogP contribution in [0.15, 0.2) is 65.6 Å². The molecule has 0 aliphatic heterocycles. The summed E-state index contributed by atoms with van der Waals surface area (Å²) in [6, 6.07) is 17.7. The highest BCUT2D eigenvalue weighted by atomic mass is 16.1. The Morgan fingerprint density at radius 2 is 1.65 bits per heavy atom. The van der Waals surface area contributed by atoms with Crippen molar-refractivity contribution in [3.05, 3.63) is 88.0 Å². The van der Waals surface area contributed by atoms with Crippen LogP contribution in [0, 0.1) is 13.8 Å². The number of aryl methyl sites for hydroxylation is 2. The van der Waals surface area contributed by atoms with Crippen LogP contribution in [0.3, 0.4) is 0 Å². The van der Waals surface area contributed by atoms with Gasteiger partial charge in [-0.3, -0.25) is 4.79 Å². The largest absolute Gasteiger partial charge is 0.293 e. The molecule has 1 unspecified atom stereocenters. The average Bonchev–Trinajstić information content (AvgIpc) is 3.11. The molecule has 2 heterocycles. The van der Waals surface area contributed by atoms with Gasteiger partial charge in [-0.05, 0) is 38.0 Å². The molecule has 0 amide bonds. The zero-order chi connectivity index (χ0) is 18.3. The van der Waals surface area contributed by atoms with E-state index >= 15 is 0 Å². The Kier molecular flexibility index (Phi) is 3.92. The maximum Gasteiger partial charge on any atom is 0.293 e. The standard InChI is InChI=1S/C21H20N4O/c1-14-9-7-8-12-19(14)25-20-18(13-22-25)15(2)23-24(21(20)26)16(3)17-10-5-4-6-11-17/h4-13,16H,1-3H3. The molecule has 26 heavy (non-hydrogen) atoms. The molecule has 0 N–H and O–H groups in total. The van der Waals surface area contributed by atoms with Gasteiger partial charge in [-0.15, -0.1) is 0 Å². The van der Waals surface area contributed by atoms with Crippen molar-refractivity contribution in [1.29, 1.82) is 0 Å². The SMILES string of the molecule is Cc1ccccc1-n1ncc2c(C)nn(C(C)c3ccccc3)c(=O)c21. The fraction of sp³-hybridized carbons (Fsp3) is 0.190. The van der Waals surface area contributed by atoms with E-state index in [1.807, 2.05) is 75.4 Å². The number of aromatic nitrogens is 4. The van der Waals surface area contributed by atoms with Gasteiger partial charge in [0.05, 0.1) is 23.6 Å². The molecule has 5 heteroatoms. The first kappa shape index (κ1) is 16.3. The van der Waals surface area contributed by atoms with Crippen molar-refractivity contribution < 1.29 is 0 Å². The van der Waals surface area contributed by atoms with Gasteiger partial charge in [0.25, 0.3) is 5.56 Å². The third-order valence-electron chi connectivity index (χ3n) is 4.82. The normalized spacial score (nSPS) is 12.4. The van der Waals surface area contributed by atoms with Gasteiger partial charge in [0, 0.05) is 5.39 Å². The van der Waals surface area contributed by atoms with E-state index < -0.39 is 0 Å². The van der Waals surface area contributed by atoms with E-state index in [1.165, 1.54) is 0 Å². The Hall–Kier alpha value is -3.21. The van der Waals surface area contributed by atoms with E-state index in [1.54, 1.807) is 15.6 Å². The van der Waals surface area contributed by atoms with E-state index in [2.05, 4.69) is 10.2 Å². The second-order valence-electron chi connectivity index (χ2n) is 6.53. The van der Waals surface area contributed by atoms with Crippen LogP contribution in [0.1, 0.15) is 29.8 Å². The van der Waals surface area contributed by atoms with Gasteiger partial charge in [-0.2, -0.15) is 10.2 Å². The third-order valence-corrected chi connectivity index (χ3v) is 4.82. The Labute approximate surface area is 151 Å². The minimum Gasteiger partial charge on any atom is -0.265 e. The Morgan fingerprint density at radius 3 is 2.38 bits per heavy atom. The molecule has 1 atom stereocenters. The lowest BCUT2D eigenvalue weighted by Crippen LogP contribution is -2.28. The van der Waals surface area contributed by atoms with Gasteiger partial charge >= 0.3 is 0 Å². The summed E-state index contributed by atoms with van der Waals surface area (Å²) in [5.74, 6) is 0. The molecule has 0 aliphatic carbocycles. The Balaban J connectivity index is 1.98. The van der Waals surface area contributed by atoms with Crippen molar-refractivity contribution in [3.8, 4) is 5.69 Å². The zero-order valence-electron chi connectivity index (χ0n) is 15.0. The van der Waals surface area contributed by atoms with Gasteiger partial charge in [-0.1, -0.05) is 48.5 Å². The van der Waals surface area contributed by atoms with E-state index in [0.29, 0.717) is 5.52 Å². The van der Waals surface area contributed by atoms with Gasteiger partial charge in [0.15, 0.2) is 0 Å². The number of hydrogen-bond acceptors (Lipinski definition) is 3. The van der Waals surface area contributed by atoms with Crippen molar-refractivity contribution in [3.63, 3.8) is 0 Å². The van der Waals surface area contributed by atoms with Crippen molar-refractivity contribution >= 4 is 10.9 Å². The van der Waals surface area contributed by atoms with Gasteiger partial charge in [-0.25, -0.2) is 9.36 Å². The summed E-state index contributed by atoms with van der Waals surface area (Å²) in [5.41, 5.74) is 4.24. The van der Waals surface area contributed by atoms with Crippen LogP contribution in [0.4, 0.5) is 0 Å². The molecule has 4 aromatic rings. The molecule has 2 aromatic carbocycles. The predicted molar refractivity (Wildman–Crippen MR) is 103 cm³/mol. The molecular formula is C21H20N4O. The lowest BCUT2D eigenvalue weighted by molar-refractivity contribution is 0.530. The van der Waals surface area contributed by atoms with Crippen LogP contribution >= 0.6 is 0 Å². The number of fused-ring (bicyclic) bond motifs is 1. The van der Waals surface area contributed by atoms with Gasteiger partial charge in [0.2, 0.25) is 0 Å². The van der Waals surface area contributed by atoms with Gasteiger partial charge < -0.3 is 0 Å². The molecule has 130 valence electrons. The second-order valence-corrected chi connectivity index (χ2v) is 6.53. The second kappa shape index (κ2) is 6.26. The highest BCUT2D eigenvalue weighted by Crippen LogP contribution is 2.21. The van der Waals surface area contributed by atoms with Crippen LogP contribution in [0.2, 0.25) is 0 Å². The Morgan fingerprint density at radius 1 is 0.962 bits per heavy atom. The van der Waals surface area contributed by atoms with E-state index in [9.17, 15) is 4.79 Å². The zero-order valence-corrected chi connectivity index (χ0v) is 15.0. The third kappa shape index (κ3) is 2.52. The van der Waals surface area contributed by atoms with Crippen LogP contribution < -0.4 is 5.56 Å². The predicted octanol–water partition coefficient (Wildman–Crippen LogP) is 3.81. The first-order valence-electron chi connectivity index (χ1n) is 8.66. The maximum absolute atomic E-state index is 13.3. The summed E-state index contributed by atoms with van der Waals surface area (Å²) in [6.45, 7) is 5.92. The number of rotatable bonds is 3. The number of para-hydroxylation sites is 1. The molecule has 2 aromatic heterocycles. The highest BCUT2D eigenvalue weighted by Gasteiger charge is 2.19. The minimum atomic E-state index is -0.160. The summed E-state index contributed by atoms with van der Waals surface area (Å²) in [6.07, 6.45) is 1.73. The monoisotopic (exact) mass is 344 g/mol. The lowest BCUT2D eigenvalue weighted by atomic mass is 10.1. The van der Waals surface area contributed by atoms with E-state index in [4.69, 9.17) is 0 Å². The molecule has 0 saturated carbocycles. The van der Waals surface area contributed by atoms with Crippen molar-refractivity contribution in [2.24, 2.45) is 0 Å². The summed E-state index contributed by atoms with van der Waals surface area (Å²) >= 11 is 0. The first-order chi connectivity index (χ1) is 12.6. The molecule has 4 rings (SSSR count). The van der Waals surface area contributed by atoms with Crippen LogP contribution in [-0.4, -0.2) is 19.6 Å². The van der Waals surface area contributed by atoms with Crippen molar-refractivity contribution in [2.75, 3.05) is 0 Å². The lowest BCUT2D eigenvalue weighted by Gasteiger charge is -2.16. The molecule has 0 radical (unpaired) electrons. The molecule has 0 bridgehead atoms. The molecule has 0 spiro atoms. The fourth-order valence-electron chi connectivity index (χ4n) is 3.31. The van der Waals surface area contributed by atoms with Crippen LogP contribution in [0.25, 0.3) is 16.6 Å². The van der Waals surface area contributed by atoms with Crippen molar-refractivity contribution in [1.82, 2.24) is 19.6 Å². The van der Waals surface area contributed by atoms with Crippen LogP contribution in [0.5, 0.6) is 0 Å². The van der Waals surface area contributed by atoms with Crippen LogP contribution in [-0.2, 0) is 0 Å². The quantitative estimate of drug-likeness (QED) is 0.568. The van der Waals surface area contributed by atoms with E-state index in [0.717, 1.165) is 27.9 Å². The summed E-state index contributed by atoms with van der Waals surface area (Å²) in [5, 5.41) is 9.83. The first-order valence-corrected chi connectivity index (χ1v) is 8.66. The van der Waals surface area contributed by atoms with Gasteiger partial charge in [0.1, 0.15) is 5.52 Å². The average molecular weight is 344 g/mol. The smallest absolute Gasteiger partial charge is 0.265 e. The summed E-state index contributed by atoms with van der Waals surface area (Å²) in [4.78, 5) is 13.3. The number of nitrogens with zero attached hydrogens (tertiary/aromatic N) is 4. The summed E-state index contributed by atoms with van der Waals surface area (Å²) in [7, 11) is 0. The van der Waals surface area contributed by atoms with E-state index in [-0.39, 0.29) is 11.6 Å². The molecule has 0 saturated heterocycles. The highest BCUT2D eigenvalue weighted by molar-refractivity contribution is 5.81. The maximum atomic E-state index is 13.3. The molecular weight excluding hydrogens is 324 g/mol.